The van der Waals surface area contributed by atoms with E-state index in [4.69, 9.17) is 11.5 Å². The summed E-state index contributed by atoms with van der Waals surface area (Å²) in [6.45, 7) is 0.111. The smallest absolute Gasteiger partial charge is 0.270 e. The van der Waals surface area contributed by atoms with Crippen molar-refractivity contribution in [2.75, 3.05) is 5.73 Å². The minimum atomic E-state index is -1.05. The molecule has 8 nitrogen and oxygen atoms in total. The predicted octanol–water partition coefficient (Wildman–Crippen LogP) is 3.86. The van der Waals surface area contributed by atoms with Crippen molar-refractivity contribution >= 4 is 46.3 Å². The Kier molecular flexibility index (Phi) is 7.76. The van der Waals surface area contributed by atoms with Gasteiger partial charge in [0.15, 0.2) is 5.69 Å². The van der Waals surface area contributed by atoms with Crippen LogP contribution in [0.1, 0.15) is 68.7 Å². The normalized spacial score (nSPS) is 14.9. The lowest BCUT2D eigenvalue weighted by Gasteiger charge is -2.33. The molecule has 1 aliphatic carbocycles. The lowest BCUT2D eigenvalue weighted by atomic mass is 9.94. The van der Waals surface area contributed by atoms with E-state index in [1.807, 2.05) is 17.5 Å². The number of nitrogens with two attached hydrogens (primary N) is 2. The van der Waals surface area contributed by atoms with E-state index in [0.717, 1.165) is 48.5 Å². The maximum Gasteiger partial charge on any atom is 0.270 e. The maximum atomic E-state index is 13.8. The van der Waals surface area contributed by atoms with Gasteiger partial charge < -0.3 is 21.7 Å². The second kappa shape index (κ2) is 11.0. The van der Waals surface area contributed by atoms with Gasteiger partial charge in [0.05, 0.1) is 12.2 Å². The van der Waals surface area contributed by atoms with Crippen LogP contribution in [0.5, 0.6) is 0 Å². The third kappa shape index (κ3) is 5.68. The first-order valence-corrected chi connectivity index (χ1v) is 12.9. The molecule has 3 amide bonds. The number of nitrogen functional groups attached to an aromatic ring is 1. The van der Waals surface area contributed by atoms with Gasteiger partial charge in [0, 0.05) is 10.9 Å². The number of hydrogen-bond donors (Lipinski definition) is 3. The number of rotatable bonds is 8. The first-order chi connectivity index (χ1) is 16.8. The average Bonchev–Trinajstić information content (AvgIpc) is 3.49. The fourth-order valence-corrected chi connectivity index (χ4v) is 5.72. The number of carbonyl (C=O) groups is 3. The van der Waals surface area contributed by atoms with Crippen molar-refractivity contribution in [2.24, 2.45) is 5.73 Å². The summed E-state index contributed by atoms with van der Waals surface area (Å²) in [5.74, 6) is -2.21. The number of halogens is 1. The van der Waals surface area contributed by atoms with Crippen LogP contribution in [0.4, 0.5) is 10.1 Å². The molecule has 1 saturated carbocycles. The highest BCUT2D eigenvalue weighted by atomic mass is 32.1. The molecule has 1 atom stereocenters. The number of aromatic nitrogens is 1. The molecule has 0 unspecified atom stereocenters. The number of amides is 3. The fourth-order valence-electron chi connectivity index (χ4n) is 4.26. The number of hydrogen-bond acceptors (Lipinski definition) is 7. The van der Waals surface area contributed by atoms with Crippen LogP contribution in [0.15, 0.2) is 41.8 Å². The third-order valence-corrected chi connectivity index (χ3v) is 7.73. The van der Waals surface area contributed by atoms with Crippen molar-refractivity contribution in [2.45, 2.75) is 50.7 Å². The molecular formula is C24H26FN5O3S2. The summed E-state index contributed by atoms with van der Waals surface area (Å²) in [5, 5.41) is 4.97. The van der Waals surface area contributed by atoms with E-state index in [-0.39, 0.29) is 34.8 Å². The maximum absolute atomic E-state index is 13.8. The number of thiophene rings is 1. The van der Waals surface area contributed by atoms with Gasteiger partial charge in [-0.05, 0) is 53.5 Å². The van der Waals surface area contributed by atoms with Crippen molar-refractivity contribution < 1.29 is 18.8 Å². The van der Waals surface area contributed by atoms with Gasteiger partial charge >= 0.3 is 0 Å². The molecule has 0 saturated heterocycles. The second-order valence-corrected chi connectivity index (χ2v) is 10.3. The monoisotopic (exact) mass is 515 g/mol. The molecule has 0 bridgehead atoms. The van der Waals surface area contributed by atoms with E-state index in [2.05, 4.69) is 9.69 Å². The highest BCUT2D eigenvalue weighted by Gasteiger charge is 2.36. The van der Waals surface area contributed by atoms with Crippen LogP contribution in [-0.2, 0) is 11.3 Å². The number of anilines is 1. The van der Waals surface area contributed by atoms with Crippen molar-refractivity contribution in [3.63, 3.8) is 0 Å². The highest BCUT2D eigenvalue weighted by Crippen LogP contribution is 2.31. The Hall–Kier alpha value is -3.31. The molecule has 2 aromatic heterocycles. The first kappa shape index (κ1) is 24.8. The van der Waals surface area contributed by atoms with Crippen LogP contribution in [0.3, 0.4) is 0 Å². The Morgan fingerprint density at radius 2 is 1.86 bits per heavy atom. The Labute approximate surface area is 210 Å². The van der Waals surface area contributed by atoms with Crippen molar-refractivity contribution in [1.82, 2.24) is 14.6 Å². The first-order valence-electron chi connectivity index (χ1n) is 11.3. The molecule has 1 aromatic carbocycles. The van der Waals surface area contributed by atoms with Gasteiger partial charge in [-0.25, -0.2) is 4.39 Å². The molecule has 2 heterocycles. The molecule has 184 valence electrons. The molecule has 0 aliphatic heterocycles. The Morgan fingerprint density at radius 3 is 2.46 bits per heavy atom. The van der Waals surface area contributed by atoms with E-state index in [9.17, 15) is 18.8 Å². The number of nitrogens with zero attached hydrogens (tertiary/aromatic N) is 2. The molecule has 1 fully saturated rings. The van der Waals surface area contributed by atoms with Gasteiger partial charge in [-0.3, -0.25) is 14.4 Å². The third-order valence-electron chi connectivity index (χ3n) is 6.02. The molecule has 5 N–H and O–H groups in total. The van der Waals surface area contributed by atoms with Gasteiger partial charge in [-0.1, -0.05) is 37.5 Å². The fraction of sp³-hybridized carbons (Fsp3) is 0.333. The number of benzene rings is 1. The van der Waals surface area contributed by atoms with Crippen molar-refractivity contribution in [3.8, 4) is 0 Å². The van der Waals surface area contributed by atoms with E-state index >= 15 is 0 Å². The standard InChI is InChI=1S/C24H26FN5O3S2/c25-15-10-8-14(9-11-15)20(23(32)28-16-5-2-1-3-6-16)30(13-17-7-4-12-34-17)24(33)21-18(26)19(22(27)31)29-35-21/h4,7-12,16,20H,1-3,5-6,13,26H2,(H2,27,31)(H,28,32)/t20-/m1/s1. The quantitative estimate of drug-likeness (QED) is 0.419. The lowest BCUT2D eigenvalue weighted by Crippen LogP contribution is -2.46. The van der Waals surface area contributed by atoms with Crippen LogP contribution in [0.2, 0.25) is 0 Å². The van der Waals surface area contributed by atoms with Gasteiger partial charge in [-0.2, -0.15) is 4.37 Å². The Morgan fingerprint density at radius 1 is 1.14 bits per heavy atom. The van der Waals surface area contributed by atoms with Crippen LogP contribution in [0, 0.1) is 5.82 Å². The molecular weight excluding hydrogens is 489 g/mol. The molecule has 0 radical (unpaired) electrons. The number of nitrogens with one attached hydrogen (secondary N) is 1. The van der Waals surface area contributed by atoms with Crippen LogP contribution < -0.4 is 16.8 Å². The summed E-state index contributed by atoms with van der Waals surface area (Å²) >= 11 is 2.20. The summed E-state index contributed by atoms with van der Waals surface area (Å²) in [5.41, 5.74) is 11.5. The SMILES string of the molecule is NC(=O)c1nsc(C(=O)N(Cc2cccs2)[C@@H](C(=O)NC2CCCCC2)c2ccc(F)cc2)c1N. The summed E-state index contributed by atoms with van der Waals surface area (Å²) in [7, 11) is 0. The Balaban J connectivity index is 1.75. The molecule has 3 aromatic rings. The molecule has 4 rings (SSSR count). The molecule has 1 aliphatic rings. The second-order valence-electron chi connectivity index (χ2n) is 8.45. The average molecular weight is 516 g/mol. The van der Waals surface area contributed by atoms with E-state index in [0.29, 0.717) is 5.56 Å². The summed E-state index contributed by atoms with van der Waals surface area (Å²) in [6, 6.07) is 8.19. The molecule has 35 heavy (non-hydrogen) atoms. The van der Waals surface area contributed by atoms with Crippen LogP contribution in [0.25, 0.3) is 0 Å². The zero-order chi connectivity index (χ0) is 24.9. The zero-order valence-electron chi connectivity index (χ0n) is 18.9. The minimum absolute atomic E-state index is 0.00725. The summed E-state index contributed by atoms with van der Waals surface area (Å²) < 4.78 is 17.7. The summed E-state index contributed by atoms with van der Waals surface area (Å²) in [4.78, 5) is 41.4. The van der Waals surface area contributed by atoms with Gasteiger partial charge in [0.1, 0.15) is 16.7 Å². The van der Waals surface area contributed by atoms with Crippen LogP contribution in [-0.4, -0.2) is 33.0 Å². The molecule has 11 heteroatoms. The zero-order valence-corrected chi connectivity index (χ0v) is 20.5. The van der Waals surface area contributed by atoms with Gasteiger partial charge in [0.25, 0.3) is 11.8 Å². The van der Waals surface area contributed by atoms with Crippen molar-refractivity contribution in [1.29, 1.82) is 0 Å². The van der Waals surface area contributed by atoms with Crippen LogP contribution >= 0.6 is 22.9 Å². The molecule has 0 spiro atoms. The Bertz CT molecular complexity index is 1190. The lowest BCUT2D eigenvalue weighted by molar-refractivity contribution is -0.127. The number of carbonyl (C=O) groups excluding carboxylic acids is 3. The summed E-state index contributed by atoms with van der Waals surface area (Å²) in [6.07, 6.45) is 4.91. The minimum Gasteiger partial charge on any atom is -0.395 e. The van der Waals surface area contributed by atoms with Gasteiger partial charge in [0.2, 0.25) is 5.91 Å². The predicted molar refractivity (Wildman–Crippen MR) is 133 cm³/mol. The van der Waals surface area contributed by atoms with Crippen molar-refractivity contribution in [3.05, 3.63) is 68.6 Å². The van der Waals surface area contributed by atoms with Gasteiger partial charge in [-0.15, -0.1) is 11.3 Å². The highest BCUT2D eigenvalue weighted by molar-refractivity contribution is 7.10. The topological polar surface area (TPSA) is 131 Å². The largest absolute Gasteiger partial charge is 0.395 e. The van der Waals surface area contributed by atoms with E-state index in [1.54, 1.807) is 0 Å². The van der Waals surface area contributed by atoms with E-state index < -0.39 is 23.7 Å². The number of primary amides is 1. The van der Waals surface area contributed by atoms with E-state index in [1.165, 1.54) is 40.5 Å².